The van der Waals surface area contributed by atoms with Crippen LogP contribution in [0.1, 0.15) is 50.7 Å². The van der Waals surface area contributed by atoms with Crippen molar-refractivity contribution >= 4 is 18.0 Å². The van der Waals surface area contributed by atoms with Gasteiger partial charge in [0.25, 0.3) is 0 Å². The lowest BCUT2D eigenvalue weighted by molar-refractivity contribution is -0.386. The fourth-order valence-corrected chi connectivity index (χ4v) is 8.63. The number of hydrogen-bond donors (Lipinski definition) is 11. The number of rotatable bonds is 26. The first-order valence-corrected chi connectivity index (χ1v) is 24.9. The summed E-state index contributed by atoms with van der Waals surface area (Å²) in [7, 11) is 0. The molecule has 26 nitrogen and oxygen atoms in total. The highest BCUT2D eigenvalue weighted by molar-refractivity contribution is 5.74. The van der Waals surface area contributed by atoms with Crippen LogP contribution in [0.2, 0.25) is 0 Å². The van der Waals surface area contributed by atoms with E-state index in [4.69, 9.17) is 52.1 Å². The first-order chi connectivity index (χ1) is 35.9. The minimum Gasteiger partial charge on any atom is -0.479 e. The molecule has 6 rings (SSSR count). The number of hydrogen-bond acceptors (Lipinski definition) is 23. The van der Waals surface area contributed by atoms with Gasteiger partial charge in [-0.25, -0.2) is 14.4 Å². The fourth-order valence-electron chi connectivity index (χ4n) is 8.63. The minimum absolute atomic E-state index is 0.00489. The molecule has 0 radical (unpaired) electrons. The molecule has 2 aromatic rings. The molecular weight excluding hydrogens is 1000 g/mol. The van der Waals surface area contributed by atoms with Gasteiger partial charge in [-0.15, -0.1) is 0 Å². The Kier molecular flexibility index (Phi) is 23.3. The molecule has 4 fully saturated rings. The van der Waals surface area contributed by atoms with Gasteiger partial charge in [0.15, 0.2) is 37.4 Å². The topological polar surface area (TPSA) is 379 Å². The average Bonchev–Trinajstić information content (AvgIpc) is 3.40. The fraction of sp³-hybridized carbons (Fsp3) is 0.694. The molecule has 8 unspecified atom stereocenters. The molecule has 0 spiro atoms. The summed E-state index contributed by atoms with van der Waals surface area (Å²) in [5.41, 5.74) is 1.54. The highest BCUT2D eigenvalue weighted by Gasteiger charge is 2.57. The molecule has 11 N–H and O–H groups in total. The van der Waals surface area contributed by atoms with Gasteiger partial charge in [-0.2, -0.15) is 0 Å². The van der Waals surface area contributed by atoms with E-state index < -0.39 is 147 Å². The molecule has 26 heteroatoms. The van der Waals surface area contributed by atoms with Crippen molar-refractivity contribution in [2.75, 3.05) is 39.6 Å². The summed E-state index contributed by atoms with van der Waals surface area (Å²) in [6, 6.07) is 18.1. The van der Waals surface area contributed by atoms with Crippen molar-refractivity contribution in [3.05, 3.63) is 71.8 Å². The monoisotopic (exact) mass is 1070 g/mol. The summed E-state index contributed by atoms with van der Waals surface area (Å²) in [6.07, 6.45) is -37.2. The van der Waals surface area contributed by atoms with E-state index in [1.165, 1.54) is 4.90 Å². The van der Waals surface area contributed by atoms with Crippen LogP contribution in [-0.2, 0) is 74.8 Å². The molecule has 0 saturated carbocycles. The van der Waals surface area contributed by atoms with E-state index in [2.05, 4.69) is 0 Å². The average molecular weight is 1070 g/mol. The molecule has 4 aliphatic rings. The van der Waals surface area contributed by atoms with Crippen molar-refractivity contribution in [2.45, 2.75) is 176 Å². The smallest absolute Gasteiger partial charge is 0.410 e. The van der Waals surface area contributed by atoms with Gasteiger partial charge in [-0.3, -0.25) is 0 Å². The van der Waals surface area contributed by atoms with Gasteiger partial charge < -0.3 is 113 Å². The van der Waals surface area contributed by atoms with Crippen LogP contribution in [0.5, 0.6) is 0 Å². The molecule has 1 amide bonds. The van der Waals surface area contributed by atoms with Gasteiger partial charge in [-0.1, -0.05) is 87.4 Å². The molecule has 0 aromatic heterocycles. The minimum atomic E-state index is -2.24. The van der Waals surface area contributed by atoms with E-state index in [0.717, 1.165) is 17.5 Å². The number of carboxylic acid groups (broad SMARTS) is 2. The van der Waals surface area contributed by atoms with Crippen LogP contribution in [0.4, 0.5) is 4.79 Å². The second-order valence-electron chi connectivity index (χ2n) is 18.5. The predicted octanol–water partition coefficient (Wildman–Crippen LogP) is -2.05. The van der Waals surface area contributed by atoms with Gasteiger partial charge in [-0.05, 0) is 24.0 Å². The number of carbonyl (C=O) groups is 3. The maximum Gasteiger partial charge on any atom is 0.410 e. The number of ether oxygens (including phenoxy) is 11. The zero-order valence-electron chi connectivity index (χ0n) is 41.4. The third-order valence-corrected chi connectivity index (χ3v) is 12.9. The van der Waals surface area contributed by atoms with E-state index in [1.807, 2.05) is 62.4 Å². The highest BCUT2D eigenvalue weighted by atomic mass is 16.8. The number of aliphatic carboxylic acids is 2. The highest BCUT2D eigenvalue weighted by Crippen LogP contribution is 2.35. The van der Waals surface area contributed by atoms with Crippen molar-refractivity contribution in [1.82, 2.24) is 4.90 Å². The van der Waals surface area contributed by atoms with Crippen LogP contribution in [0.15, 0.2) is 60.7 Å². The summed E-state index contributed by atoms with van der Waals surface area (Å²) < 4.78 is 63.3. The normalized spacial score (nSPS) is 36.1. The lowest BCUT2D eigenvalue weighted by atomic mass is 9.95. The molecule has 4 aliphatic heterocycles. The van der Waals surface area contributed by atoms with Crippen LogP contribution in [0, 0.1) is 0 Å². The van der Waals surface area contributed by atoms with Crippen LogP contribution in [-0.4, -0.2) is 242 Å². The Bertz CT molecular complexity index is 2030. The van der Waals surface area contributed by atoms with Crippen LogP contribution in [0.3, 0.4) is 0 Å². The zero-order valence-corrected chi connectivity index (χ0v) is 41.4. The van der Waals surface area contributed by atoms with E-state index in [9.17, 15) is 70.6 Å². The third-order valence-electron chi connectivity index (χ3n) is 12.9. The van der Waals surface area contributed by atoms with E-state index >= 15 is 0 Å². The summed E-state index contributed by atoms with van der Waals surface area (Å²) in [6.45, 7) is 3.22. The van der Waals surface area contributed by atoms with E-state index in [-0.39, 0.29) is 46.1 Å². The van der Waals surface area contributed by atoms with Crippen molar-refractivity contribution in [3.63, 3.8) is 0 Å². The molecule has 0 bridgehead atoms. The Morgan fingerprint density at radius 2 is 0.960 bits per heavy atom. The van der Waals surface area contributed by atoms with Crippen molar-refractivity contribution in [3.8, 4) is 0 Å². The molecule has 4 saturated heterocycles. The summed E-state index contributed by atoms with van der Waals surface area (Å²) in [5, 5.41) is 120. The Labute approximate surface area is 431 Å². The lowest BCUT2D eigenvalue weighted by Crippen LogP contribution is -2.68. The Morgan fingerprint density at radius 1 is 0.507 bits per heavy atom. The van der Waals surface area contributed by atoms with Gasteiger partial charge >= 0.3 is 18.0 Å². The Morgan fingerprint density at radius 3 is 1.49 bits per heavy atom. The van der Waals surface area contributed by atoms with Gasteiger partial charge in [0, 0.05) is 26.3 Å². The van der Waals surface area contributed by atoms with Crippen LogP contribution >= 0.6 is 0 Å². The second-order valence-corrected chi connectivity index (χ2v) is 18.5. The molecular formula is C49H71NO25. The maximum atomic E-state index is 13.4. The molecule has 422 valence electrons. The number of benzene rings is 2. The predicted molar refractivity (Wildman–Crippen MR) is 249 cm³/mol. The third kappa shape index (κ3) is 15.8. The van der Waals surface area contributed by atoms with E-state index in [1.54, 1.807) is 12.1 Å². The number of aliphatic hydroxyl groups is 9. The van der Waals surface area contributed by atoms with Gasteiger partial charge in [0.2, 0.25) is 0 Å². The van der Waals surface area contributed by atoms with Crippen molar-refractivity contribution < 1.29 is 123 Å². The quantitative estimate of drug-likeness (QED) is 0.0452. The SMILES string of the molecule is CCCCOCC1O[C@@H](OCCN(Cc2ccccc2)C(=O)OCc2ccccc2)[C@@H](O)C(O)[C@@H]1O[C@@H]1OC(C(=O)O)[C@@H](O)C(O[C@@H]2OC(COCCCC)[C@@H](O[C@@H]3OC(C(=O)O)[C@@H](O)C(O)[C@@H]3O)[C@H](O)C2O)[C@@H]1O. The maximum absolute atomic E-state index is 13.4. The lowest BCUT2D eigenvalue weighted by Gasteiger charge is -2.49. The number of nitrogens with zero attached hydrogens (tertiary/aromatic N) is 1. The summed E-state index contributed by atoms with van der Waals surface area (Å²) >= 11 is 0. The molecule has 4 heterocycles. The largest absolute Gasteiger partial charge is 0.479 e. The zero-order chi connectivity index (χ0) is 54.3. The molecule has 75 heavy (non-hydrogen) atoms. The van der Waals surface area contributed by atoms with E-state index in [0.29, 0.717) is 19.3 Å². The second kappa shape index (κ2) is 29.0. The number of carbonyl (C=O) groups excluding carboxylic acids is 1. The van der Waals surface area contributed by atoms with Gasteiger partial charge in [0.1, 0.15) is 92.1 Å². The first-order valence-electron chi connectivity index (χ1n) is 24.9. The number of carboxylic acids is 2. The Balaban J connectivity index is 1.16. The van der Waals surface area contributed by atoms with Crippen molar-refractivity contribution in [1.29, 1.82) is 0 Å². The molecule has 2 aromatic carbocycles. The van der Waals surface area contributed by atoms with Gasteiger partial charge in [0.05, 0.1) is 19.8 Å². The van der Waals surface area contributed by atoms with Crippen LogP contribution < -0.4 is 0 Å². The molecule has 20 atom stereocenters. The summed E-state index contributed by atoms with van der Waals surface area (Å²) in [5.74, 6) is -3.51. The van der Waals surface area contributed by atoms with Crippen LogP contribution in [0.25, 0.3) is 0 Å². The Hall–Kier alpha value is -4.11. The number of aliphatic hydroxyl groups excluding tert-OH is 9. The van der Waals surface area contributed by atoms with Crippen molar-refractivity contribution in [2.24, 2.45) is 0 Å². The first kappa shape index (κ1) is 60.1. The summed E-state index contributed by atoms with van der Waals surface area (Å²) in [4.78, 5) is 39.1. The standard InChI is InChI=1S/C49H71NO25/c1-3-5-18-65-23-27-38(31(53)34(56)45(69-27)67-20-17-50(21-25-13-9-7-10-14-25)49(64)68-22-26-15-11-8-12-16-26)72-48-37(59)40(36(58)42(75-48)44(62)63)73-46-35(57)32(54)39(28(70-46)24-66-19-6-4-2)71-47-33(55)29(51)30(52)41(74-47)43(60)61/h7-16,27-42,45-48,51-59H,3-6,17-24H2,1-2H3,(H,60,61)(H,62,63)/t27?,28?,29?,30-,31?,32+,33-,34-,35?,36-,37-,38+,39+,40?,41?,42?,45+,46-,47+,48+/m0/s1. The number of unbranched alkanes of at least 4 members (excludes halogenated alkanes) is 2. The molecule has 0 aliphatic carbocycles. The number of amides is 1.